The first-order valence-electron chi connectivity index (χ1n) is 7.53. The summed E-state index contributed by atoms with van der Waals surface area (Å²) in [7, 11) is 0. The minimum Gasteiger partial charge on any atom is -0.150 e. The highest BCUT2D eigenvalue weighted by molar-refractivity contribution is 7.98. The zero-order valence-electron chi connectivity index (χ0n) is 12.0. The SMILES string of the molecule is CSc1cccc(C2=C(C3CCCC3)CCC2N=O)c1. The van der Waals surface area contributed by atoms with E-state index in [1.807, 2.05) is 0 Å². The molecular formula is C17H21NOS. The highest BCUT2D eigenvalue weighted by Crippen LogP contribution is 2.45. The number of benzene rings is 1. The molecule has 2 nitrogen and oxygen atoms in total. The molecule has 1 fully saturated rings. The molecule has 3 heteroatoms. The van der Waals surface area contributed by atoms with Crippen LogP contribution in [0.2, 0.25) is 0 Å². The summed E-state index contributed by atoms with van der Waals surface area (Å²) >= 11 is 1.75. The average molecular weight is 287 g/mol. The molecule has 20 heavy (non-hydrogen) atoms. The van der Waals surface area contributed by atoms with Gasteiger partial charge in [-0.3, -0.25) is 0 Å². The fraction of sp³-hybridized carbons (Fsp3) is 0.529. The zero-order valence-corrected chi connectivity index (χ0v) is 12.8. The van der Waals surface area contributed by atoms with Gasteiger partial charge in [-0.15, -0.1) is 11.8 Å². The summed E-state index contributed by atoms with van der Waals surface area (Å²) < 4.78 is 0. The van der Waals surface area contributed by atoms with Crippen LogP contribution in [0.15, 0.2) is 39.9 Å². The number of allylic oxidation sites excluding steroid dienone is 1. The molecule has 0 amide bonds. The Morgan fingerprint density at radius 3 is 2.70 bits per heavy atom. The standard InChI is InChI=1S/C17H21NOS/c1-20-14-8-4-7-13(11-14)17-15(9-10-16(17)18-19)12-5-2-3-6-12/h4,7-8,11-12,16H,2-3,5-6,9-10H2,1H3. The molecule has 106 valence electrons. The van der Waals surface area contributed by atoms with Crippen LogP contribution in [0.25, 0.3) is 5.57 Å². The molecule has 1 unspecified atom stereocenters. The van der Waals surface area contributed by atoms with E-state index in [2.05, 4.69) is 35.7 Å². The normalized spacial score (nSPS) is 23.6. The van der Waals surface area contributed by atoms with E-state index in [9.17, 15) is 4.91 Å². The molecule has 1 saturated carbocycles. The molecule has 0 radical (unpaired) electrons. The lowest BCUT2D eigenvalue weighted by Gasteiger charge is -2.16. The Morgan fingerprint density at radius 2 is 2.00 bits per heavy atom. The van der Waals surface area contributed by atoms with E-state index < -0.39 is 0 Å². The Hall–Kier alpha value is -1.09. The molecule has 1 atom stereocenters. The van der Waals surface area contributed by atoms with Crippen LogP contribution in [0.1, 0.15) is 44.1 Å². The third-order valence-electron chi connectivity index (χ3n) is 4.72. The first-order valence-corrected chi connectivity index (χ1v) is 8.75. The quantitative estimate of drug-likeness (QED) is 0.557. The van der Waals surface area contributed by atoms with Crippen molar-refractivity contribution in [2.24, 2.45) is 11.1 Å². The molecule has 0 aromatic heterocycles. The number of nitrogens with zero attached hydrogens (tertiary/aromatic N) is 1. The summed E-state index contributed by atoms with van der Waals surface area (Å²) in [6, 6.07) is 8.47. The molecule has 2 aliphatic carbocycles. The summed E-state index contributed by atoms with van der Waals surface area (Å²) in [6.45, 7) is 0. The molecule has 3 rings (SSSR count). The largest absolute Gasteiger partial charge is 0.150 e. The van der Waals surface area contributed by atoms with Gasteiger partial charge in [-0.05, 0) is 61.1 Å². The van der Waals surface area contributed by atoms with Crippen LogP contribution >= 0.6 is 11.8 Å². The van der Waals surface area contributed by atoms with Gasteiger partial charge < -0.3 is 0 Å². The summed E-state index contributed by atoms with van der Waals surface area (Å²) in [5.74, 6) is 0.703. The van der Waals surface area contributed by atoms with Crippen molar-refractivity contribution in [1.82, 2.24) is 0 Å². The second-order valence-electron chi connectivity index (χ2n) is 5.81. The van der Waals surface area contributed by atoms with Crippen molar-refractivity contribution in [2.45, 2.75) is 49.5 Å². The smallest absolute Gasteiger partial charge is 0.118 e. The minimum absolute atomic E-state index is 0.122. The van der Waals surface area contributed by atoms with Crippen molar-refractivity contribution in [3.05, 3.63) is 40.3 Å². The highest BCUT2D eigenvalue weighted by Gasteiger charge is 2.32. The van der Waals surface area contributed by atoms with E-state index in [0.717, 1.165) is 12.8 Å². The van der Waals surface area contributed by atoms with Crippen LogP contribution in [-0.2, 0) is 0 Å². The van der Waals surface area contributed by atoms with Crippen LogP contribution < -0.4 is 0 Å². The topological polar surface area (TPSA) is 29.4 Å². The lowest BCUT2D eigenvalue weighted by molar-refractivity contribution is 0.618. The van der Waals surface area contributed by atoms with Gasteiger partial charge in [-0.1, -0.05) is 35.7 Å². The number of hydrogen-bond donors (Lipinski definition) is 0. The third-order valence-corrected chi connectivity index (χ3v) is 5.45. The molecule has 0 bridgehead atoms. The first-order chi connectivity index (χ1) is 9.83. The number of thioether (sulfide) groups is 1. The molecule has 0 N–H and O–H groups in total. The summed E-state index contributed by atoms with van der Waals surface area (Å²) in [5.41, 5.74) is 4.01. The van der Waals surface area contributed by atoms with Gasteiger partial charge in [0.2, 0.25) is 0 Å². The Labute approximate surface area is 125 Å². The van der Waals surface area contributed by atoms with E-state index in [0.29, 0.717) is 5.92 Å². The minimum atomic E-state index is -0.122. The van der Waals surface area contributed by atoms with Gasteiger partial charge in [0.05, 0.1) is 0 Å². The fourth-order valence-electron chi connectivity index (χ4n) is 3.76. The Balaban J connectivity index is 2.03. The summed E-state index contributed by atoms with van der Waals surface area (Å²) in [6.07, 6.45) is 9.35. The molecule has 2 aliphatic rings. The van der Waals surface area contributed by atoms with E-state index in [1.54, 1.807) is 11.8 Å². The molecule has 0 aliphatic heterocycles. The fourth-order valence-corrected chi connectivity index (χ4v) is 4.22. The summed E-state index contributed by atoms with van der Waals surface area (Å²) in [4.78, 5) is 12.5. The molecule has 1 aromatic carbocycles. The van der Waals surface area contributed by atoms with Gasteiger partial charge in [-0.2, -0.15) is 4.91 Å². The number of hydrogen-bond acceptors (Lipinski definition) is 3. The average Bonchev–Trinajstić information content (AvgIpc) is 3.15. The van der Waals surface area contributed by atoms with Gasteiger partial charge in [0, 0.05) is 4.90 Å². The molecule has 0 heterocycles. The Bertz CT molecular complexity index is 532. The van der Waals surface area contributed by atoms with Crippen LogP contribution in [0.5, 0.6) is 0 Å². The van der Waals surface area contributed by atoms with Crippen molar-refractivity contribution in [2.75, 3.05) is 6.26 Å². The monoisotopic (exact) mass is 287 g/mol. The van der Waals surface area contributed by atoms with E-state index in [4.69, 9.17) is 0 Å². The lowest BCUT2D eigenvalue weighted by Crippen LogP contribution is -2.04. The second-order valence-corrected chi connectivity index (χ2v) is 6.69. The van der Waals surface area contributed by atoms with Crippen LogP contribution in [0.3, 0.4) is 0 Å². The van der Waals surface area contributed by atoms with Gasteiger partial charge in [0.15, 0.2) is 0 Å². The molecule has 0 saturated heterocycles. The van der Waals surface area contributed by atoms with Crippen LogP contribution in [0, 0.1) is 10.8 Å². The maximum Gasteiger partial charge on any atom is 0.118 e. The van der Waals surface area contributed by atoms with Gasteiger partial charge >= 0.3 is 0 Å². The van der Waals surface area contributed by atoms with Crippen molar-refractivity contribution in [3.63, 3.8) is 0 Å². The number of rotatable bonds is 4. The van der Waals surface area contributed by atoms with Crippen molar-refractivity contribution < 1.29 is 0 Å². The van der Waals surface area contributed by atoms with E-state index in [1.165, 1.54) is 47.3 Å². The molecule has 1 aromatic rings. The van der Waals surface area contributed by atoms with Crippen LogP contribution in [-0.4, -0.2) is 12.3 Å². The van der Waals surface area contributed by atoms with Gasteiger partial charge in [-0.25, -0.2) is 0 Å². The predicted octanol–water partition coefficient (Wildman–Crippen LogP) is 5.28. The predicted molar refractivity (Wildman–Crippen MR) is 85.9 cm³/mol. The lowest BCUT2D eigenvalue weighted by atomic mass is 9.90. The van der Waals surface area contributed by atoms with Crippen LogP contribution in [0.4, 0.5) is 0 Å². The highest BCUT2D eigenvalue weighted by atomic mass is 32.2. The molecular weight excluding hydrogens is 266 g/mol. The maximum absolute atomic E-state index is 11.2. The second kappa shape index (κ2) is 6.13. The molecule has 0 spiro atoms. The zero-order chi connectivity index (χ0) is 13.9. The van der Waals surface area contributed by atoms with Crippen molar-refractivity contribution in [3.8, 4) is 0 Å². The number of nitroso groups, excluding NO2 is 1. The van der Waals surface area contributed by atoms with E-state index in [-0.39, 0.29) is 6.04 Å². The first kappa shape index (κ1) is 13.9. The third kappa shape index (κ3) is 2.56. The van der Waals surface area contributed by atoms with Crippen molar-refractivity contribution >= 4 is 17.3 Å². The Morgan fingerprint density at radius 1 is 1.20 bits per heavy atom. The van der Waals surface area contributed by atoms with Gasteiger partial charge in [0.25, 0.3) is 0 Å². The Kier molecular flexibility index (Phi) is 4.25. The van der Waals surface area contributed by atoms with Gasteiger partial charge in [0.1, 0.15) is 6.04 Å². The summed E-state index contributed by atoms with van der Waals surface area (Å²) in [5, 5.41) is 3.41. The van der Waals surface area contributed by atoms with Crippen molar-refractivity contribution in [1.29, 1.82) is 0 Å². The maximum atomic E-state index is 11.2. The van der Waals surface area contributed by atoms with E-state index >= 15 is 0 Å².